The van der Waals surface area contributed by atoms with E-state index in [0.717, 1.165) is 0 Å². The van der Waals surface area contributed by atoms with Crippen molar-refractivity contribution in [2.75, 3.05) is 26.7 Å². The molecular weight excluding hydrogens is 170 g/mol. The zero-order valence-corrected chi connectivity index (χ0v) is 8.14. The van der Waals surface area contributed by atoms with Gasteiger partial charge in [-0.1, -0.05) is 0 Å². The van der Waals surface area contributed by atoms with Crippen LogP contribution < -0.4 is 16.0 Å². The summed E-state index contributed by atoms with van der Waals surface area (Å²) in [6, 6.07) is 0. The first-order chi connectivity index (χ1) is 6.20. The fraction of sp³-hybridized carbons (Fsp3) is 0.750. The molecule has 76 valence electrons. The number of carbonyl (C=O) groups is 2. The van der Waals surface area contributed by atoms with Crippen LogP contribution in [0.4, 0.5) is 0 Å². The highest BCUT2D eigenvalue weighted by Crippen LogP contribution is 1.74. The Morgan fingerprint density at radius 1 is 1.23 bits per heavy atom. The molecule has 0 aliphatic heterocycles. The number of likely N-dealkylation sites (N-methyl/N-ethyl adjacent to an activating group) is 1. The minimum atomic E-state index is -0.0422. The summed E-state index contributed by atoms with van der Waals surface area (Å²) in [4.78, 5) is 21.6. The zero-order valence-electron chi connectivity index (χ0n) is 8.14. The largest absolute Gasteiger partial charge is 0.359 e. The number of hydrogen-bond acceptors (Lipinski definition) is 3. The van der Waals surface area contributed by atoms with Crippen molar-refractivity contribution in [3.05, 3.63) is 0 Å². The molecule has 5 heteroatoms. The van der Waals surface area contributed by atoms with Gasteiger partial charge in [0, 0.05) is 26.6 Å². The maximum absolute atomic E-state index is 10.9. The lowest BCUT2D eigenvalue weighted by Gasteiger charge is -2.03. The van der Waals surface area contributed by atoms with Crippen LogP contribution in [0.15, 0.2) is 0 Å². The number of carbonyl (C=O) groups excluding carboxylic acids is 2. The summed E-state index contributed by atoms with van der Waals surface area (Å²) in [6.07, 6.45) is 0.399. The standard InChI is InChI=1S/C8H17N3O2/c1-3-11-8(13)6-10-5-4-7(12)9-2/h10H,3-6H2,1-2H3,(H,9,12)(H,11,13). The molecule has 0 saturated carbocycles. The molecule has 0 radical (unpaired) electrons. The van der Waals surface area contributed by atoms with Crippen molar-refractivity contribution in [2.24, 2.45) is 0 Å². The predicted octanol–water partition coefficient (Wildman–Crippen LogP) is -1.15. The van der Waals surface area contributed by atoms with E-state index in [0.29, 0.717) is 19.5 Å². The van der Waals surface area contributed by atoms with Crippen LogP contribution in [0.25, 0.3) is 0 Å². The first-order valence-corrected chi connectivity index (χ1v) is 4.38. The highest BCUT2D eigenvalue weighted by molar-refractivity contribution is 5.78. The normalized spacial score (nSPS) is 9.38. The van der Waals surface area contributed by atoms with Gasteiger partial charge in [-0.25, -0.2) is 0 Å². The smallest absolute Gasteiger partial charge is 0.233 e. The molecule has 0 aromatic heterocycles. The van der Waals surface area contributed by atoms with Crippen molar-refractivity contribution in [3.8, 4) is 0 Å². The van der Waals surface area contributed by atoms with E-state index in [2.05, 4.69) is 16.0 Å². The Labute approximate surface area is 78.3 Å². The number of amides is 2. The van der Waals surface area contributed by atoms with Gasteiger partial charge in [0.1, 0.15) is 0 Å². The molecule has 0 aliphatic carbocycles. The third kappa shape index (κ3) is 7.27. The van der Waals surface area contributed by atoms with Crippen LogP contribution in [0.3, 0.4) is 0 Å². The molecule has 0 rings (SSSR count). The molecule has 2 amide bonds. The molecule has 0 aliphatic rings. The summed E-state index contributed by atoms with van der Waals surface area (Å²) < 4.78 is 0. The Morgan fingerprint density at radius 2 is 1.92 bits per heavy atom. The van der Waals surface area contributed by atoms with Crippen molar-refractivity contribution in [2.45, 2.75) is 13.3 Å². The van der Waals surface area contributed by atoms with E-state index in [-0.39, 0.29) is 18.4 Å². The van der Waals surface area contributed by atoms with Gasteiger partial charge in [0.15, 0.2) is 0 Å². The van der Waals surface area contributed by atoms with E-state index in [1.54, 1.807) is 7.05 Å². The van der Waals surface area contributed by atoms with Gasteiger partial charge in [0.05, 0.1) is 6.54 Å². The van der Waals surface area contributed by atoms with Crippen LogP contribution in [0.1, 0.15) is 13.3 Å². The molecule has 0 atom stereocenters. The molecule has 3 N–H and O–H groups in total. The second-order valence-electron chi connectivity index (χ2n) is 2.55. The lowest BCUT2D eigenvalue weighted by Crippen LogP contribution is -2.35. The van der Waals surface area contributed by atoms with Gasteiger partial charge in [-0.05, 0) is 6.92 Å². The van der Waals surface area contributed by atoms with Gasteiger partial charge in [0.2, 0.25) is 11.8 Å². The van der Waals surface area contributed by atoms with Crippen LogP contribution in [0.2, 0.25) is 0 Å². The highest BCUT2D eigenvalue weighted by Gasteiger charge is 1.99. The number of hydrogen-bond donors (Lipinski definition) is 3. The van der Waals surface area contributed by atoms with Crippen molar-refractivity contribution in [1.29, 1.82) is 0 Å². The quantitative estimate of drug-likeness (QED) is 0.460. The highest BCUT2D eigenvalue weighted by atomic mass is 16.2. The molecule has 5 nitrogen and oxygen atoms in total. The van der Waals surface area contributed by atoms with Gasteiger partial charge in [-0.3, -0.25) is 9.59 Å². The first kappa shape index (κ1) is 11.9. The minimum absolute atomic E-state index is 0.0246. The van der Waals surface area contributed by atoms with Gasteiger partial charge in [0.25, 0.3) is 0 Å². The summed E-state index contributed by atoms with van der Waals surface area (Å²) in [5.74, 6) is -0.0668. The molecule has 0 unspecified atom stereocenters. The maximum atomic E-state index is 10.9. The SMILES string of the molecule is CCNC(=O)CNCCC(=O)NC. The first-order valence-electron chi connectivity index (χ1n) is 4.38. The van der Waals surface area contributed by atoms with Crippen LogP contribution in [-0.4, -0.2) is 38.5 Å². The zero-order chi connectivity index (χ0) is 10.1. The molecular formula is C8H17N3O2. The topological polar surface area (TPSA) is 70.2 Å². The van der Waals surface area contributed by atoms with Crippen molar-refractivity contribution in [1.82, 2.24) is 16.0 Å². The molecule has 0 spiro atoms. The van der Waals surface area contributed by atoms with E-state index in [1.165, 1.54) is 0 Å². The van der Waals surface area contributed by atoms with E-state index in [9.17, 15) is 9.59 Å². The Kier molecular flexibility index (Phi) is 6.91. The molecule has 0 heterocycles. The summed E-state index contributed by atoms with van der Waals surface area (Å²) >= 11 is 0. The number of nitrogens with one attached hydrogen (secondary N) is 3. The molecule has 0 aromatic rings. The Balaban J connectivity index is 3.25. The molecule has 0 bridgehead atoms. The second-order valence-corrected chi connectivity index (χ2v) is 2.55. The van der Waals surface area contributed by atoms with Crippen molar-refractivity contribution >= 4 is 11.8 Å². The lowest BCUT2D eigenvalue weighted by atomic mass is 10.4. The summed E-state index contributed by atoms with van der Waals surface area (Å²) in [5, 5.41) is 8.01. The third-order valence-corrected chi connectivity index (χ3v) is 1.47. The van der Waals surface area contributed by atoms with Crippen LogP contribution in [0, 0.1) is 0 Å². The summed E-state index contributed by atoms with van der Waals surface area (Å²) in [6.45, 7) is 3.29. The third-order valence-electron chi connectivity index (χ3n) is 1.47. The Hall–Kier alpha value is -1.10. The van der Waals surface area contributed by atoms with Gasteiger partial charge in [-0.15, -0.1) is 0 Å². The van der Waals surface area contributed by atoms with Gasteiger partial charge in [-0.2, -0.15) is 0 Å². The number of rotatable bonds is 6. The molecule has 0 aromatic carbocycles. The lowest BCUT2D eigenvalue weighted by molar-refractivity contribution is -0.122. The monoisotopic (exact) mass is 187 g/mol. The second kappa shape index (κ2) is 7.54. The fourth-order valence-electron chi connectivity index (χ4n) is 0.789. The van der Waals surface area contributed by atoms with E-state index >= 15 is 0 Å². The molecule has 13 heavy (non-hydrogen) atoms. The predicted molar refractivity (Wildman–Crippen MR) is 50.2 cm³/mol. The maximum Gasteiger partial charge on any atom is 0.233 e. The van der Waals surface area contributed by atoms with Crippen LogP contribution in [0.5, 0.6) is 0 Å². The van der Waals surface area contributed by atoms with E-state index < -0.39 is 0 Å². The Bertz CT molecular complexity index is 171. The molecule has 0 saturated heterocycles. The average Bonchev–Trinajstić information content (AvgIpc) is 2.12. The Morgan fingerprint density at radius 3 is 2.46 bits per heavy atom. The summed E-state index contributed by atoms with van der Waals surface area (Å²) in [5.41, 5.74) is 0. The van der Waals surface area contributed by atoms with Gasteiger partial charge >= 0.3 is 0 Å². The van der Waals surface area contributed by atoms with Crippen molar-refractivity contribution in [3.63, 3.8) is 0 Å². The van der Waals surface area contributed by atoms with Gasteiger partial charge < -0.3 is 16.0 Å². The van der Waals surface area contributed by atoms with E-state index in [4.69, 9.17) is 0 Å². The average molecular weight is 187 g/mol. The van der Waals surface area contributed by atoms with Crippen LogP contribution >= 0.6 is 0 Å². The fourth-order valence-corrected chi connectivity index (χ4v) is 0.789. The van der Waals surface area contributed by atoms with Crippen LogP contribution in [-0.2, 0) is 9.59 Å². The minimum Gasteiger partial charge on any atom is -0.359 e. The van der Waals surface area contributed by atoms with Crippen molar-refractivity contribution < 1.29 is 9.59 Å². The van der Waals surface area contributed by atoms with E-state index in [1.807, 2.05) is 6.92 Å². The summed E-state index contributed by atoms with van der Waals surface area (Å²) in [7, 11) is 1.59. The molecule has 0 fully saturated rings.